The van der Waals surface area contributed by atoms with Gasteiger partial charge in [0.2, 0.25) is 11.6 Å². The Morgan fingerprint density at radius 2 is 2.04 bits per heavy atom. The highest BCUT2D eigenvalue weighted by atomic mass is 16.5. The standard InChI is InChI=1S/C20H28N2O5/c1-4-5-6-7-8-27-18-11(2)16(24)15-14(17(18)25)12(10-23)20(26-3)19-13(21-19)9-22(15)20/h12-13,19,21,23H,4-10H2,1-3H3. The van der Waals surface area contributed by atoms with Crippen molar-refractivity contribution in [2.75, 3.05) is 26.9 Å². The van der Waals surface area contributed by atoms with Crippen LogP contribution in [0.1, 0.15) is 39.5 Å². The summed E-state index contributed by atoms with van der Waals surface area (Å²) < 4.78 is 11.6. The fourth-order valence-corrected chi connectivity index (χ4v) is 5.00. The number of ketones is 2. The van der Waals surface area contributed by atoms with E-state index in [1.807, 2.05) is 4.90 Å². The zero-order chi connectivity index (χ0) is 19.3. The number of fused-ring (bicyclic) bond motifs is 4. The zero-order valence-electron chi connectivity index (χ0n) is 16.2. The van der Waals surface area contributed by atoms with E-state index < -0.39 is 11.6 Å². The van der Waals surface area contributed by atoms with Crippen LogP contribution < -0.4 is 5.32 Å². The third-order valence-corrected chi connectivity index (χ3v) is 6.41. The molecule has 4 aliphatic rings. The second-order valence-electron chi connectivity index (χ2n) is 7.84. The molecule has 2 fully saturated rings. The molecule has 4 atom stereocenters. The van der Waals surface area contributed by atoms with E-state index in [1.165, 1.54) is 0 Å². The molecule has 27 heavy (non-hydrogen) atoms. The lowest BCUT2D eigenvalue weighted by molar-refractivity contribution is -0.137. The molecule has 0 radical (unpaired) electrons. The van der Waals surface area contributed by atoms with Gasteiger partial charge in [0.15, 0.2) is 11.5 Å². The van der Waals surface area contributed by atoms with E-state index in [4.69, 9.17) is 9.47 Å². The Labute approximate surface area is 159 Å². The molecule has 0 aromatic heterocycles. The molecule has 0 saturated carbocycles. The number of Topliss-reactive ketones (excluding diaryl/α,β-unsaturated/α-hetero) is 2. The van der Waals surface area contributed by atoms with Gasteiger partial charge in [-0.25, -0.2) is 0 Å². The van der Waals surface area contributed by atoms with Crippen LogP contribution in [0.15, 0.2) is 22.6 Å². The molecule has 0 spiro atoms. The zero-order valence-corrected chi connectivity index (χ0v) is 16.2. The van der Waals surface area contributed by atoms with Crippen LogP contribution >= 0.6 is 0 Å². The van der Waals surface area contributed by atoms with Gasteiger partial charge in [0.1, 0.15) is 0 Å². The van der Waals surface area contributed by atoms with Crippen molar-refractivity contribution in [3.63, 3.8) is 0 Å². The second kappa shape index (κ2) is 6.72. The van der Waals surface area contributed by atoms with E-state index in [1.54, 1.807) is 14.0 Å². The molecule has 0 aromatic carbocycles. The molecule has 4 rings (SSSR count). The highest BCUT2D eigenvalue weighted by molar-refractivity contribution is 6.25. The summed E-state index contributed by atoms with van der Waals surface area (Å²) in [5, 5.41) is 13.5. The smallest absolute Gasteiger partial charge is 0.226 e. The molecule has 3 aliphatic heterocycles. The van der Waals surface area contributed by atoms with Gasteiger partial charge in [-0.15, -0.1) is 0 Å². The van der Waals surface area contributed by atoms with Crippen LogP contribution in [0.3, 0.4) is 0 Å². The number of hydrogen-bond donors (Lipinski definition) is 2. The number of rotatable bonds is 8. The minimum atomic E-state index is -0.869. The Morgan fingerprint density at radius 1 is 1.26 bits per heavy atom. The Bertz CT molecular complexity index is 743. The lowest BCUT2D eigenvalue weighted by Gasteiger charge is -2.39. The number of piperazine rings is 1. The van der Waals surface area contributed by atoms with E-state index in [0.717, 1.165) is 25.7 Å². The number of carbonyl (C=O) groups excluding carboxylic acids is 2. The third kappa shape index (κ3) is 2.45. The summed E-state index contributed by atoms with van der Waals surface area (Å²) in [5.74, 6) is -0.890. The molecule has 7 nitrogen and oxygen atoms in total. The lowest BCUT2D eigenvalue weighted by Crippen LogP contribution is -2.54. The van der Waals surface area contributed by atoms with Gasteiger partial charge < -0.3 is 24.8 Å². The number of nitrogens with one attached hydrogen (secondary N) is 1. The van der Waals surface area contributed by atoms with Crippen LogP contribution in [-0.4, -0.2) is 66.2 Å². The highest BCUT2D eigenvalue weighted by Gasteiger charge is 2.72. The van der Waals surface area contributed by atoms with Crippen molar-refractivity contribution in [2.45, 2.75) is 57.3 Å². The lowest BCUT2D eigenvalue weighted by atomic mass is 9.83. The second-order valence-corrected chi connectivity index (χ2v) is 7.84. The molecule has 148 valence electrons. The molecule has 3 heterocycles. The number of unbranched alkanes of at least 4 members (excludes halogenated alkanes) is 3. The first-order valence-corrected chi connectivity index (χ1v) is 9.89. The molecule has 4 unspecified atom stereocenters. The number of aliphatic hydroxyl groups excluding tert-OH is 1. The molecule has 0 bridgehead atoms. The van der Waals surface area contributed by atoms with Crippen molar-refractivity contribution in [1.29, 1.82) is 0 Å². The van der Waals surface area contributed by atoms with Crippen LogP contribution in [0.25, 0.3) is 0 Å². The Morgan fingerprint density at radius 3 is 2.70 bits per heavy atom. The Kier molecular flexibility index (Phi) is 4.64. The summed E-state index contributed by atoms with van der Waals surface area (Å²) >= 11 is 0. The van der Waals surface area contributed by atoms with Crippen molar-refractivity contribution < 1.29 is 24.2 Å². The van der Waals surface area contributed by atoms with Crippen LogP contribution in [0, 0.1) is 5.92 Å². The fourth-order valence-electron chi connectivity index (χ4n) is 5.00. The van der Waals surface area contributed by atoms with Crippen LogP contribution in [-0.2, 0) is 19.1 Å². The number of nitrogens with zero attached hydrogens (tertiary/aromatic N) is 1. The minimum Gasteiger partial charge on any atom is -0.489 e. The topological polar surface area (TPSA) is 98.0 Å². The Hall–Kier alpha value is -1.70. The van der Waals surface area contributed by atoms with Crippen LogP contribution in [0.5, 0.6) is 0 Å². The summed E-state index contributed by atoms with van der Waals surface area (Å²) in [6, 6.07) is 0.251. The molecule has 1 aliphatic carbocycles. The van der Waals surface area contributed by atoms with Gasteiger partial charge >= 0.3 is 0 Å². The van der Waals surface area contributed by atoms with Crippen molar-refractivity contribution in [2.24, 2.45) is 5.92 Å². The molecule has 7 heteroatoms. The third-order valence-electron chi connectivity index (χ3n) is 6.41. The maximum absolute atomic E-state index is 13.3. The quantitative estimate of drug-likeness (QED) is 0.369. The SMILES string of the molecule is CCCCCCOC1=C(C)C(=O)C2=C(C1=O)C(CO)C1(OC)C3NC3CN21. The average Bonchev–Trinajstić information content (AvgIpc) is 3.27. The van der Waals surface area contributed by atoms with E-state index in [9.17, 15) is 14.7 Å². The number of methoxy groups -OCH3 is 1. The maximum Gasteiger partial charge on any atom is 0.226 e. The normalized spacial score (nSPS) is 34.2. The number of carbonyl (C=O) groups is 2. The minimum absolute atomic E-state index is 0.0181. The molecule has 0 aromatic rings. The summed E-state index contributed by atoms with van der Waals surface area (Å²) in [4.78, 5) is 28.3. The summed E-state index contributed by atoms with van der Waals surface area (Å²) in [6.07, 6.45) is 4.13. The predicted octanol–water partition coefficient (Wildman–Crippen LogP) is 0.884. The number of aliphatic hydroxyl groups is 1. The first kappa shape index (κ1) is 18.7. The molecular weight excluding hydrogens is 348 g/mol. The Balaban J connectivity index is 1.62. The van der Waals surface area contributed by atoms with Gasteiger partial charge in [0, 0.05) is 30.8 Å². The monoisotopic (exact) mass is 376 g/mol. The largest absolute Gasteiger partial charge is 0.489 e. The van der Waals surface area contributed by atoms with Crippen LogP contribution in [0.4, 0.5) is 0 Å². The summed E-state index contributed by atoms with van der Waals surface area (Å²) in [6.45, 7) is 4.56. The highest BCUT2D eigenvalue weighted by Crippen LogP contribution is 2.55. The van der Waals surface area contributed by atoms with Gasteiger partial charge in [0.25, 0.3) is 0 Å². The van der Waals surface area contributed by atoms with Gasteiger partial charge in [-0.2, -0.15) is 0 Å². The first-order chi connectivity index (χ1) is 13.0. The number of allylic oxidation sites excluding steroid dienone is 2. The van der Waals surface area contributed by atoms with Crippen molar-refractivity contribution in [3.05, 3.63) is 22.6 Å². The van der Waals surface area contributed by atoms with Gasteiger partial charge in [-0.3, -0.25) is 9.59 Å². The van der Waals surface area contributed by atoms with Crippen molar-refractivity contribution in [1.82, 2.24) is 10.2 Å². The van der Waals surface area contributed by atoms with E-state index in [-0.39, 0.29) is 36.0 Å². The molecular formula is C20H28N2O5. The van der Waals surface area contributed by atoms with E-state index >= 15 is 0 Å². The van der Waals surface area contributed by atoms with Crippen molar-refractivity contribution in [3.8, 4) is 0 Å². The number of hydrogen-bond acceptors (Lipinski definition) is 7. The molecule has 0 amide bonds. The summed E-state index contributed by atoms with van der Waals surface area (Å²) in [7, 11) is 1.58. The average molecular weight is 376 g/mol. The predicted molar refractivity (Wildman–Crippen MR) is 97.6 cm³/mol. The number of ether oxygens (including phenoxy) is 2. The van der Waals surface area contributed by atoms with Gasteiger partial charge in [-0.05, 0) is 13.3 Å². The fraction of sp³-hybridized carbons (Fsp3) is 0.700. The first-order valence-electron chi connectivity index (χ1n) is 9.89. The maximum atomic E-state index is 13.3. The van der Waals surface area contributed by atoms with Crippen molar-refractivity contribution >= 4 is 11.6 Å². The molecule has 2 saturated heterocycles. The van der Waals surface area contributed by atoms with Gasteiger partial charge in [0.05, 0.1) is 30.9 Å². The molecule has 2 N–H and O–H groups in total. The van der Waals surface area contributed by atoms with E-state index in [0.29, 0.717) is 30.0 Å². The van der Waals surface area contributed by atoms with E-state index in [2.05, 4.69) is 12.2 Å². The summed E-state index contributed by atoms with van der Waals surface area (Å²) in [5.41, 5.74) is 0.231. The van der Waals surface area contributed by atoms with Gasteiger partial charge in [-0.1, -0.05) is 26.2 Å². The van der Waals surface area contributed by atoms with Crippen LogP contribution in [0.2, 0.25) is 0 Å².